The zero-order chi connectivity index (χ0) is 12.0. The monoisotopic (exact) mass is 224 g/mol. The van der Waals surface area contributed by atoms with E-state index in [1.807, 2.05) is 13.8 Å². The molecule has 0 saturated carbocycles. The summed E-state index contributed by atoms with van der Waals surface area (Å²) in [6.45, 7) is 5.64. The van der Waals surface area contributed by atoms with Crippen LogP contribution in [0.15, 0.2) is 34.5 Å². The molecule has 0 aromatic carbocycles. The molecule has 1 heterocycles. The van der Waals surface area contributed by atoms with Gasteiger partial charge in [0.05, 0.1) is 5.57 Å². The number of hydrogen-bond donors (Lipinski definition) is 3. The van der Waals surface area contributed by atoms with E-state index in [-0.39, 0.29) is 17.8 Å². The first-order valence-electron chi connectivity index (χ1n) is 5.33. The average molecular weight is 224 g/mol. The highest BCUT2D eigenvalue weighted by Crippen LogP contribution is 2.40. The first kappa shape index (κ1) is 11.1. The van der Waals surface area contributed by atoms with Crippen LogP contribution < -0.4 is 0 Å². The number of hydrogen-bond acceptors (Lipinski definition) is 4. The second kappa shape index (κ2) is 3.56. The Morgan fingerprint density at radius 3 is 2.50 bits per heavy atom. The van der Waals surface area contributed by atoms with Gasteiger partial charge in [-0.2, -0.15) is 0 Å². The fourth-order valence-corrected chi connectivity index (χ4v) is 2.18. The fraction of sp³-hybridized carbons (Fsp3) is 0.500. The molecule has 0 aromatic heterocycles. The van der Waals surface area contributed by atoms with Crippen LogP contribution in [0.3, 0.4) is 0 Å². The highest BCUT2D eigenvalue weighted by Gasteiger charge is 2.36. The Hall–Kier alpha value is -1.42. The molecule has 0 bridgehead atoms. The van der Waals surface area contributed by atoms with Gasteiger partial charge in [-0.25, -0.2) is 0 Å². The van der Waals surface area contributed by atoms with Crippen LogP contribution >= 0.6 is 0 Å². The summed E-state index contributed by atoms with van der Waals surface area (Å²) < 4.78 is 5.57. The smallest absolute Gasteiger partial charge is 0.168 e. The number of allylic oxidation sites excluding steroid dienone is 2. The molecule has 4 nitrogen and oxygen atoms in total. The standard InChI is InChI=1S/C12H16O4/c1-5-6(2)16-7(3)10-8(5)4-9(13)11(14)12(10)15/h4-6,9,13-15H,1-3H3/t5-,6-,9+/m1/s1. The summed E-state index contributed by atoms with van der Waals surface area (Å²) in [7, 11) is 0. The summed E-state index contributed by atoms with van der Waals surface area (Å²) in [6.07, 6.45) is 0.437. The van der Waals surface area contributed by atoms with Gasteiger partial charge in [0, 0.05) is 5.92 Å². The second-order valence-corrected chi connectivity index (χ2v) is 4.34. The molecule has 0 saturated heterocycles. The van der Waals surface area contributed by atoms with Crippen molar-refractivity contribution in [1.82, 2.24) is 0 Å². The van der Waals surface area contributed by atoms with Crippen molar-refractivity contribution in [2.45, 2.75) is 33.0 Å². The van der Waals surface area contributed by atoms with E-state index in [1.54, 1.807) is 13.0 Å². The molecule has 1 aliphatic carbocycles. The molecule has 1 aliphatic heterocycles. The van der Waals surface area contributed by atoms with Gasteiger partial charge in [0.2, 0.25) is 0 Å². The molecule has 88 valence electrons. The molecule has 4 heteroatoms. The molecule has 0 unspecified atom stereocenters. The maximum Gasteiger partial charge on any atom is 0.168 e. The van der Waals surface area contributed by atoms with E-state index in [2.05, 4.69) is 0 Å². The third-order valence-electron chi connectivity index (χ3n) is 3.30. The lowest BCUT2D eigenvalue weighted by Gasteiger charge is -2.35. The van der Waals surface area contributed by atoms with Crippen molar-refractivity contribution in [3.05, 3.63) is 34.5 Å². The van der Waals surface area contributed by atoms with Crippen LogP contribution in [0, 0.1) is 5.92 Å². The molecule has 2 rings (SSSR count). The largest absolute Gasteiger partial charge is 0.506 e. The lowest BCUT2D eigenvalue weighted by molar-refractivity contribution is 0.0804. The molecule has 2 aliphatic rings. The molecular weight excluding hydrogens is 208 g/mol. The Labute approximate surface area is 94.2 Å². The maximum absolute atomic E-state index is 9.81. The molecule has 16 heavy (non-hydrogen) atoms. The molecule has 3 N–H and O–H groups in total. The molecule has 3 atom stereocenters. The summed E-state index contributed by atoms with van der Waals surface area (Å²) >= 11 is 0. The minimum absolute atomic E-state index is 0.00440. The summed E-state index contributed by atoms with van der Waals surface area (Å²) in [6, 6.07) is 0. The van der Waals surface area contributed by atoms with Gasteiger partial charge in [-0.15, -0.1) is 0 Å². The molecule has 0 spiro atoms. The minimum atomic E-state index is -1.13. The van der Waals surface area contributed by atoms with E-state index in [0.29, 0.717) is 11.3 Å². The van der Waals surface area contributed by atoms with Crippen LogP contribution in [-0.4, -0.2) is 27.5 Å². The van der Waals surface area contributed by atoms with Crippen LogP contribution in [0.25, 0.3) is 0 Å². The van der Waals surface area contributed by atoms with Crippen molar-refractivity contribution in [3.63, 3.8) is 0 Å². The van der Waals surface area contributed by atoms with Gasteiger partial charge in [0.25, 0.3) is 0 Å². The second-order valence-electron chi connectivity index (χ2n) is 4.34. The topological polar surface area (TPSA) is 69.9 Å². The summed E-state index contributed by atoms with van der Waals surface area (Å²) in [4.78, 5) is 0. The van der Waals surface area contributed by atoms with Crippen LogP contribution in [0.2, 0.25) is 0 Å². The SMILES string of the molecule is CC1=C2C(=C[C@H](O)C(O)=C2O)[C@H](C)[C@@H](C)O1. The van der Waals surface area contributed by atoms with Crippen LogP contribution in [-0.2, 0) is 4.74 Å². The summed E-state index contributed by atoms with van der Waals surface area (Å²) in [5.74, 6) is -0.0406. The Morgan fingerprint density at radius 2 is 1.88 bits per heavy atom. The highest BCUT2D eigenvalue weighted by atomic mass is 16.5. The minimum Gasteiger partial charge on any atom is -0.506 e. The van der Waals surface area contributed by atoms with Crippen LogP contribution in [0.5, 0.6) is 0 Å². The van der Waals surface area contributed by atoms with Crippen molar-refractivity contribution in [1.29, 1.82) is 0 Å². The highest BCUT2D eigenvalue weighted by molar-refractivity contribution is 5.53. The van der Waals surface area contributed by atoms with Crippen molar-refractivity contribution in [2.75, 3.05) is 0 Å². The van der Waals surface area contributed by atoms with E-state index in [1.165, 1.54) is 0 Å². The summed E-state index contributed by atoms with van der Waals surface area (Å²) in [5, 5.41) is 28.9. The number of ether oxygens (including phenoxy) is 1. The van der Waals surface area contributed by atoms with Gasteiger partial charge in [-0.3, -0.25) is 0 Å². The molecule has 0 amide bonds. The lowest BCUT2D eigenvalue weighted by atomic mass is 9.82. The van der Waals surface area contributed by atoms with E-state index in [9.17, 15) is 15.3 Å². The van der Waals surface area contributed by atoms with Crippen LogP contribution in [0.4, 0.5) is 0 Å². The normalized spacial score (nSPS) is 34.5. The number of rotatable bonds is 0. The van der Waals surface area contributed by atoms with Crippen LogP contribution in [0.1, 0.15) is 20.8 Å². The Bertz CT molecular complexity index is 417. The molecule has 0 radical (unpaired) electrons. The maximum atomic E-state index is 9.81. The number of aliphatic hydroxyl groups excluding tert-OH is 3. The first-order chi connectivity index (χ1) is 7.43. The summed E-state index contributed by atoms with van der Waals surface area (Å²) in [5.41, 5.74) is 1.34. The Kier molecular flexibility index (Phi) is 2.46. The van der Waals surface area contributed by atoms with E-state index in [4.69, 9.17) is 4.74 Å². The van der Waals surface area contributed by atoms with Gasteiger partial charge in [0.1, 0.15) is 18.0 Å². The van der Waals surface area contributed by atoms with Gasteiger partial charge in [-0.05, 0) is 25.5 Å². The molecular formula is C12H16O4. The third kappa shape index (κ3) is 1.41. The van der Waals surface area contributed by atoms with Crippen molar-refractivity contribution in [2.24, 2.45) is 5.92 Å². The van der Waals surface area contributed by atoms with E-state index >= 15 is 0 Å². The van der Waals surface area contributed by atoms with Gasteiger partial charge >= 0.3 is 0 Å². The Morgan fingerprint density at radius 1 is 1.25 bits per heavy atom. The zero-order valence-electron chi connectivity index (χ0n) is 9.56. The third-order valence-corrected chi connectivity index (χ3v) is 3.30. The van der Waals surface area contributed by atoms with Crippen molar-refractivity contribution < 1.29 is 20.1 Å². The Balaban J connectivity index is 2.58. The predicted octanol–water partition coefficient (Wildman–Crippen LogP) is 1.94. The van der Waals surface area contributed by atoms with Gasteiger partial charge in [-0.1, -0.05) is 6.92 Å². The van der Waals surface area contributed by atoms with E-state index < -0.39 is 11.9 Å². The van der Waals surface area contributed by atoms with E-state index in [0.717, 1.165) is 5.57 Å². The molecule has 0 fully saturated rings. The van der Waals surface area contributed by atoms with Gasteiger partial charge < -0.3 is 20.1 Å². The number of aliphatic hydroxyl groups is 3. The van der Waals surface area contributed by atoms with Crippen molar-refractivity contribution >= 4 is 0 Å². The lowest BCUT2D eigenvalue weighted by Crippen LogP contribution is -2.31. The predicted molar refractivity (Wildman–Crippen MR) is 58.8 cm³/mol. The average Bonchev–Trinajstić information content (AvgIpc) is 2.22. The van der Waals surface area contributed by atoms with Gasteiger partial charge in [0.15, 0.2) is 11.5 Å². The van der Waals surface area contributed by atoms with Crippen molar-refractivity contribution in [3.8, 4) is 0 Å². The first-order valence-corrected chi connectivity index (χ1v) is 5.33. The quantitative estimate of drug-likeness (QED) is 0.588. The zero-order valence-corrected chi connectivity index (χ0v) is 9.56. The fourth-order valence-electron chi connectivity index (χ4n) is 2.18. The molecule has 0 aromatic rings. The number of fused-ring (bicyclic) bond motifs is 1.